The Balaban J connectivity index is 1.81. The Morgan fingerprint density at radius 1 is 1.07 bits per heavy atom. The lowest BCUT2D eigenvalue weighted by atomic mass is 9.83. The molecule has 17 N–H and O–H groups in total. The summed E-state index contributed by atoms with van der Waals surface area (Å²) < 4.78 is 23.9. The lowest BCUT2D eigenvalue weighted by Gasteiger charge is -2.49. The molecule has 2 aliphatic heterocycles. The maximum atomic E-state index is 13.0. The van der Waals surface area contributed by atoms with E-state index in [-0.39, 0.29) is 25.7 Å². The Bertz CT molecular complexity index is 895. The predicted octanol–water partition coefficient (Wildman–Crippen LogP) is -7.19. The molecule has 3 aliphatic rings. The molecule has 2 saturated heterocycles. The highest BCUT2D eigenvalue weighted by Crippen LogP contribution is 2.32. The van der Waals surface area contributed by atoms with Gasteiger partial charge in [-0.2, -0.15) is 0 Å². The molecule has 15 atom stereocenters. The standard InChI is InChI=1S/C26H53N7O11/c1-26(40)10-41-25(19(38)22(26)31-2)44-21-15(33-23(39)17(36)16(30)14(29)9-35)7-13(28)20(18(21)37)43-24-12(27)4-3-11(42-24)8-32-5-6-34/h11-22,24-25,31-32,34-38,40H,3-10,27-30H2,1-2H3,(H,33,39)/t11-,12?,13-,14-,15+,16-,17-,18?,19?,20?,21?,22+,24+,25+,26?/m0/s1. The lowest BCUT2D eigenvalue weighted by Crippen LogP contribution is -2.70. The number of nitrogens with two attached hydrogens (primary N) is 4. The van der Waals surface area contributed by atoms with Crippen LogP contribution in [-0.2, 0) is 23.7 Å². The van der Waals surface area contributed by atoms with Crippen LogP contribution in [0.2, 0.25) is 0 Å². The fraction of sp³-hybridized carbons (Fsp3) is 0.962. The highest BCUT2D eigenvalue weighted by atomic mass is 16.7. The van der Waals surface area contributed by atoms with Gasteiger partial charge in [0.05, 0.1) is 50.1 Å². The number of aliphatic hydroxyl groups excluding tert-OH is 5. The number of nitrogens with one attached hydrogen (secondary N) is 3. The molecule has 0 radical (unpaired) electrons. The number of amides is 1. The fourth-order valence-electron chi connectivity index (χ4n) is 5.91. The summed E-state index contributed by atoms with van der Waals surface area (Å²) in [6.45, 7) is 1.50. The Morgan fingerprint density at radius 3 is 2.39 bits per heavy atom. The maximum absolute atomic E-state index is 13.0. The van der Waals surface area contributed by atoms with Crippen LogP contribution < -0.4 is 38.9 Å². The first-order chi connectivity index (χ1) is 20.7. The normalized spacial score (nSPS) is 42.0. The largest absolute Gasteiger partial charge is 0.395 e. The van der Waals surface area contributed by atoms with E-state index in [4.69, 9.17) is 47.0 Å². The number of aliphatic hydroxyl groups is 6. The van der Waals surface area contributed by atoms with Gasteiger partial charge in [-0.1, -0.05) is 0 Å². The van der Waals surface area contributed by atoms with Crippen molar-refractivity contribution in [3.05, 3.63) is 0 Å². The van der Waals surface area contributed by atoms with E-state index >= 15 is 0 Å². The van der Waals surface area contributed by atoms with Crippen LogP contribution >= 0.6 is 0 Å². The van der Waals surface area contributed by atoms with E-state index in [0.717, 1.165) is 0 Å². The smallest absolute Gasteiger partial charge is 0.250 e. The van der Waals surface area contributed by atoms with Gasteiger partial charge < -0.3 is 88.5 Å². The Hall–Kier alpha value is -1.17. The average molecular weight is 640 g/mol. The summed E-state index contributed by atoms with van der Waals surface area (Å²) >= 11 is 0. The number of ether oxygens (including phenoxy) is 4. The Kier molecular flexibility index (Phi) is 14.1. The lowest BCUT2D eigenvalue weighted by molar-refractivity contribution is -0.307. The third-order valence-electron chi connectivity index (χ3n) is 8.57. The molecule has 1 amide bonds. The van der Waals surface area contributed by atoms with Gasteiger partial charge in [0.1, 0.15) is 36.1 Å². The third kappa shape index (κ3) is 9.00. The number of hydrogen-bond acceptors (Lipinski definition) is 17. The average Bonchev–Trinajstić information content (AvgIpc) is 2.98. The van der Waals surface area contributed by atoms with Gasteiger partial charge in [0, 0.05) is 25.2 Å². The first-order valence-corrected chi connectivity index (χ1v) is 15.0. The van der Waals surface area contributed by atoms with Crippen LogP contribution in [0.25, 0.3) is 0 Å². The molecule has 18 nitrogen and oxygen atoms in total. The molecule has 18 heteroatoms. The second-order valence-electron chi connectivity index (χ2n) is 12.2. The molecule has 3 rings (SSSR count). The SMILES string of the molecule is CN[C@@H]1C(O)[C@@H](OC2C(O)C(O[C@H]3O[C@H](CNCCO)CCC3N)[C@@H](N)C[C@H]2NC(=O)[C@@H](O)[C@@H](N)[C@@H](N)CO)OCC1(C)O. The van der Waals surface area contributed by atoms with E-state index in [1.165, 1.54) is 6.92 Å². The number of rotatable bonds is 14. The molecule has 258 valence electrons. The molecular formula is C26H53N7O11. The summed E-state index contributed by atoms with van der Waals surface area (Å²) in [5, 5.41) is 70.5. The summed E-state index contributed by atoms with van der Waals surface area (Å²) in [6, 6.07) is -5.71. The molecule has 0 aromatic carbocycles. The van der Waals surface area contributed by atoms with E-state index in [1.54, 1.807) is 7.05 Å². The van der Waals surface area contributed by atoms with Crippen molar-refractivity contribution in [2.45, 2.75) is 117 Å². The summed E-state index contributed by atoms with van der Waals surface area (Å²) in [6.07, 6.45) is -8.52. The Morgan fingerprint density at radius 2 is 1.75 bits per heavy atom. The molecule has 1 saturated carbocycles. The summed E-state index contributed by atoms with van der Waals surface area (Å²) in [7, 11) is 1.55. The van der Waals surface area contributed by atoms with Crippen LogP contribution in [-0.4, -0.2) is 168 Å². The van der Waals surface area contributed by atoms with Crippen molar-refractivity contribution < 1.29 is 54.4 Å². The molecule has 0 aromatic rings. The van der Waals surface area contributed by atoms with Crippen molar-refractivity contribution in [3.63, 3.8) is 0 Å². The zero-order valence-electron chi connectivity index (χ0n) is 25.3. The molecular weight excluding hydrogens is 586 g/mol. The van der Waals surface area contributed by atoms with Gasteiger partial charge in [-0.25, -0.2) is 0 Å². The van der Waals surface area contributed by atoms with Gasteiger partial charge in [-0.3, -0.25) is 4.79 Å². The van der Waals surface area contributed by atoms with Crippen molar-refractivity contribution >= 4 is 5.91 Å². The van der Waals surface area contributed by atoms with Crippen molar-refractivity contribution in [2.75, 3.05) is 40.0 Å². The quantitative estimate of drug-likeness (QED) is 0.0785. The topological polar surface area (TPSA) is 316 Å². The maximum Gasteiger partial charge on any atom is 0.250 e. The fourth-order valence-corrected chi connectivity index (χ4v) is 5.91. The van der Waals surface area contributed by atoms with Gasteiger partial charge in [-0.15, -0.1) is 0 Å². The first kappa shape index (κ1) is 37.3. The van der Waals surface area contributed by atoms with Crippen molar-refractivity contribution in [2.24, 2.45) is 22.9 Å². The van der Waals surface area contributed by atoms with Gasteiger partial charge in [-0.05, 0) is 33.2 Å². The molecule has 0 bridgehead atoms. The van der Waals surface area contributed by atoms with Crippen LogP contribution in [0.5, 0.6) is 0 Å². The predicted molar refractivity (Wildman–Crippen MR) is 154 cm³/mol. The molecule has 0 spiro atoms. The highest BCUT2D eigenvalue weighted by molar-refractivity contribution is 5.81. The zero-order chi connectivity index (χ0) is 32.8. The molecule has 44 heavy (non-hydrogen) atoms. The number of carbonyl (C=O) groups excluding carboxylic acids is 1. The summed E-state index contributed by atoms with van der Waals surface area (Å²) in [4.78, 5) is 13.0. The second-order valence-corrected chi connectivity index (χ2v) is 12.2. The second kappa shape index (κ2) is 16.6. The van der Waals surface area contributed by atoms with Gasteiger partial charge in [0.15, 0.2) is 12.6 Å². The summed E-state index contributed by atoms with van der Waals surface area (Å²) in [5.41, 5.74) is 22.8. The van der Waals surface area contributed by atoms with E-state index in [2.05, 4.69) is 16.0 Å². The van der Waals surface area contributed by atoms with E-state index in [0.29, 0.717) is 25.9 Å². The minimum atomic E-state index is -1.81. The number of likely N-dealkylation sites (N-methyl/N-ethyl adjacent to an activating group) is 1. The molecule has 3 fully saturated rings. The molecule has 2 heterocycles. The van der Waals surface area contributed by atoms with Crippen molar-refractivity contribution in [3.8, 4) is 0 Å². The van der Waals surface area contributed by atoms with Crippen LogP contribution in [0.15, 0.2) is 0 Å². The van der Waals surface area contributed by atoms with Crippen LogP contribution in [0.1, 0.15) is 26.2 Å². The van der Waals surface area contributed by atoms with Crippen molar-refractivity contribution in [1.82, 2.24) is 16.0 Å². The van der Waals surface area contributed by atoms with E-state index < -0.39 is 97.5 Å². The molecule has 1 aliphatic carbocycles. The third-order valence-corrected chi connectivity index (χ3v) is 8.57. The van der Waals surface area contributed by atoms with Crippen LogP contribution in [0.4, 0.5) is 0 Å². The van der Waals surface area contributed by atoms with E-state index in [1.807, 2.05) is 0 Å². The van der Waals surface area contributed by atoms with E-state index in [9.17, 15) is 30.3 Å². The minimum Gasteiger partial charge on any atom is -0.395 e. The number of carbonyl (C=O) groups is 1. The van der Waals surface area contributed by atoms with Crippen LogP contribution in [0, 0.1) is 0 Å². The first-order valence-electron chi connectivity index (χ1n) is 15.0. The zero-order valence-corrected chi connectivity index (χ0v) is 25.3. The van der Waals surface area contributed by atoms with Crippen LogP contribution in [0.3, 0.4) is 0 Å². The minimum absolute atomic E-state index is 0.0222. The summed E-state index contributed by atoms with van der Waals surface area (Å²) in [5.74, 6) is -0.948. The Labute approximate surface area is 256 Å². The monoisotopic (exact) mass is 639 g/mol. The van der Waals surface area contributed by atoms with Gasteiger partial charge >= 0.3 is 0 Å². The van der Waals surface area contributed by atoms with Crippen molar-refractivity contribution in [1.29, 1.82) is 0 Å². The number of hydrogen-bond donors (Lipinski definition) is 13. The molecule has 0 aromatic heterocycles. The molecule has 6 unspecified atom stereocenters. The highest BCUT2D eigenvalue weighted by Gasteiger charge is 2.52. The van der Waals surface area contributed by atoms with Gasteiger partial charge in [0.2, 0.25) is 0 Å². The van der Waals surface area contributed by atoms with Gasteiger partial charge in [0.25, 0.3) is 5.91 Å².